The predicted molar refractivity (Wildman–Crippen MR) is 101 cm³/mol. The number of hydrogen-bond acceptors (Lipinski definition) is 4. The van der Waals surface area contributed by atoms with Gasteiger partial charge in [-0.25, -0.2) is 4.39 Å². The molecule has 1 saturated heterocycles. The maximum atomic E-state index is 13.3. The Hall–Kier alpha value is -2.60. The van der Waals surface area contributed by atoms with Gasteiger partial charge in [-0.15, -0.1) is 0 Å². The minimum absolute atomic E-state index is 0.0308. The Kier molecular flexibility index (Phi) is 6.65. The normalized spacial score (nSPS) is 15.3. The lowest BCUT2D eigenvalue weighted by molar-refractivity contribution is -0.123. The number of hydrogen-bond donors (Lipinski definition) is 1. The molecule has 1 heterocycles. The second-order valence-electron chi connectivity index (χ2n) is 6.55. The van der Waals surface area contributed by atoms with Crippen LogP contribution in [0.1, 0.15) is 24.4 Å². The van der Waals surface area contributed by atoms with E-state index in [1.54, 1.807) is 31.4 Å². The summed E-state index contributed by atoms with van der Waals surface area (Å²) in [5.74, 6) is 0.664. The fourth-order valence-corrected chi connectivity index (χ4v) is 3.34. The molecule has 2 aromatic rings. The fraction of sp³-hybridized carbons (Fsp3) is 0.381. The molecule has 27 heavy (non-hydrogen) atoms. The second kappa shape index (κ2) is 9.37. The highest BCUT2D eigenvalue weighted by Gasteiger charge is 2.24. The lowest BCUT2D eigenvalue weighted by atomic mass is 10.1. The van der Waals surface area contributed by atoms with Crippen molar-refractivity contribution in [1.82, 2.24) is 10.2 Å². The van der Waals surface area contributed by atoms with Crippen LogP contribution in [0.5, 0.6) is 11.5 Å². The number of carbonyl (C=O) groups is 1. The molecule has 0 saturated carbocycles. The van der Waals surface area contributed by atoms with E-state index in [4.69, 9.17) is 9.47 Å². The number of rotatable bonds is 8. The highest BCUT2D eigenvalue weighted by Crippen LogP contribution is 2.26. The van der Waals surface area contributed by atoms with Crippen molar-refractivity contribution < 1.29 is 18.7 Å². The number of likely N-dealkylation sites (tertiary alicyclic amines) is 1. The molecule has 3 rings (SSSR count). The molecule has 1 aliphatic rings. The van der Waals surface area contributed by atoms with E-state index in [2.05, 4.69) is 10.2 Å². The van der Waals surface area contributed by atoms with Crippen molar-refractivity contribution in [2.45, 2.75) is 18.9 Å². The number of carbonyl (C=O) groups excluding carboxylic acids is 1. The van der Waals surface area contributed by atoms with Gasteiger partial charge in [-0.3, -0.25) is 9.69 Å². The summed E-state index contributed by atoms with van der Waals surface area (Å²) >= 11 is 0. The monoisotopic (exact) mass is 372 g/mol. The molecule has 0 bridgehead atoms. The molecular formula is C21H25FN2O3. The van der Waals surface area contributed by atoms with Crippen molar-refractivity contribution in [3.8, 4) is 11.5 Å². The predicted octanol–water partition coefficient (Wildman–Crippen LogP) is 3.17. The highest BCUT2D eigenvalue weighted by atomic mass is 19.1. The van der Waals surface area contributed by atoms with Gasteiger partial charge >= 0.3 is 0 Å². The maximum absolute atomic E-state index is 13.3. The smallest absolute Gasteiger partial charge is 0.258 e. The second-order valence-corrected chi connectivity index (χ2v) is 6.55. The molecule has 144 valence electrons. The van der Waals surface area contributed by atoms with Gasteiger partial charge in [0, 0.05) is 6.54 Å². The van der Waals surface area contributed by atoms with Crippen LogP contribution >= 0.6 is 0 Å². The third kappa shape index (κ3) is 5.20. The lowest BCUT2D eigenvalue weighted by Gasteiger charge is -2.28. The average molecular weight is 372 g/mol. The van der Waals surface area contributed by atoms with Crippen LogP contribution in [0.25, 0.3) is 0 Å². The van der Waals surface area contributed by atoms with Crippen molar-refractivity contribution in [3.63, 3.8) is 0 Å². The molecule has 0 radical (unpaired) electrons. The topological polar surface area (TPSA) is 50.8 Å². The van der Waals surface area contributed by atoms with Crippen molar-refractivity contribution in [2.75, 3.05) is 33.4 Å². The number of benzene rings is 2. The van der Waals surface area contributed by atoms with Crippen LogP contribution in [0.3, 0.4) is 0 Å². The van der Waals surface area contributed by atoms with E-state index in [1.165, 1.54) is 12.1 Å². The fourth-order valence-electron chi connectivity index (χ4n) is 3.34. The van der Waals surface area contributed by atoms with Gasteiger partial charge in [0.1, 0.15) is 5.82 Å². The van der Waals surface area contributed by atoms with E-state index in [0.717, 1.165) is 31.5 Å². The van der Waals surface area contributed by atoms with Crippen molar-refractivity contribution >= 4 is 5.91 Å². The molecule has 2 aromatic carbocycles. The third-order valence-electron chi connectivity index (χ3n) is 4.76. The molecule has 0 aromatic heterocycles. The van der Waals surface area contributed by atoms with Gasteiger partial charge in [-0.2, -0.15) is 0 Å². The van der Waals surface area contributed by atoms with Gasteiger partial charge < -0.3 is 14.8 Å². The van der Waals surface area contributed by atoms with Gasteiger partial charge in [0.15, 0.2) is 18.1 Å². The zero-order chi connectivity index (χ0) is 19.1. The number of halogens is 1. The number of methoxy groups -OCH3 is 1. The molecule has 1 atom stereocenters. The van der Waals surface area contributed by atoms with Crippen LogP contribution in [0, 0.1) is 5.82 Å². The summed E-state index contributed by atoms with van der Waals surface area (Å²) in [6, 6.07) is 13.7. The van der Waals surface area contributed by atoms with Crippen LogP contribution in [0.2, 0.25) is 0 Å². The van der Waals surface area contributed by atoms with Crippen molar-refractivity contribution in [3.05, 3.63) is 59.9 Å². The summed E-state index contributed by atoms with van der Waals surface area (Å²) in [5.41, 5.74) is 1.00. The quantitative estimate of drug-likeness (QED) is 0.773. The molecule has 6 heteroatoms. The minimum Gasteiger partial charge on any atom is -0.493 e. The molecule has 0 aliphatic carbocycles. The van der Waals surface area contributed by atoms with Crippen LogP contribution in [-0.2, 0) is 4.79 Å². The Labute approximate surface area is 159 Å². The average Bonchev–Trinajstić information content (AvgIpc) is 3.22. The summed E-state index contributed by atoms with van der Waals surface area (Å²) < 4.78 is 24.0. The number of ether oxygens (including phenoxy) is 2. The first-order chi connectivity index (χ1) is 13.2. The summed E-state index contributed by atoms with van der Waals surface area (Å²) in [6.45, 7) is 2.33. The number of amides is 1. The lowest BCUT2D eigenvalue weighted by Crippen LogP contribution is -2.38. The van der Waals surface area contributed by atoms with Crippen molar-refractivity contribution in [2.24, 2.45) is 0 Å². The largest absolute Gasteiger partial charge is 0.493 e. The van der Waals surface area contributed by atoms with Crippen LogP contribution < -0.4 is 14.8 Å². The number of nitrogens with one attached hydrogen (secondary N) is 1. The van der Waals surface area contributed by atoms with E-state index in [1.807, 2.05) is 12.1 Å². The van der Waals surface area contributed by atoms with Gasteiger partial charge in [-0.1, -0.05) is 24.3 Å². The van der Waals surface area contributed by atoms with Gasteiger partial charge in [0.05, 0.1) is 13.2 Å². The molecule has 1 unspecified atom stereocenters. The molecular weight excluding hydrogens is 347 g/mol. The van der Waals surface area contributed by atoms with Crippen LogP contribution in [0.15, 0.2) is 48.5 Å². The summed E-state index contributed by atoms with van der Waals surface area (Å²) in [4.78, 5) is 14.6. The highest BCUT2D eigenvalue weighted by molar-refractivity contribution is 5.77. The minimum atomic E-state index is -0.256. The maximum Gasteiger partial charge on any atom is 0.258 e. The Bertz CT molecular complexity index is 745. The molecule has 0 spiro atoms. The number of para-hydroxylation sites is 2. The summed E-state index contributed by atoms with van der Waals surface area (Å²) in [5, 5.41) is 2.94. The molecule has 1 aliphatic heterocycles. The Morgan fingerprint density at radius 3 is 2.44 bits per heavy atom. The van der Waals surface area contributed by atoms with E-state index in [-0.39, 0.29) is 24.4 Å². The van der Waals surface area contributed by atoms with E-state index in [0.29, 0.717) is 18.0 Å². The Morgan fingerprint density at radius 1 is 1.11 bits per heavy atom. The standard InChI is InChI=1S/C21H25FN2O3/c1-26-19-6-2-3-7-20(19)27-15-21(25)23-14-18(24-12-4-5-13-24)16-8-10-17(22)11-9-16/h2-3,6-11,18H,4-5,12-15H2,1H3,(H,23,25). The molecule has 1 fully saturated rings. The molecule has 5 nitrogen and oxygen atoms in total. The van der Waals surface area contributed by atoms with Gasteiger partial charge in [0.25, 0.3) is 5.91 Å². The summed E-state index contributed by atoms with van der Waals surface area (Å²) in [7, 11) is 1.56. The van der Waals surface area contributed by atoms with E-state index >= 15 is 0 Å². The molecule has 1 N–H and O–H groups in total. The van der Waals surface area contributed by atoms with Crippen LogP contribution in [-0.4, -0.2) is 44.2 Å². The summed E-state index contributed by atoms with van der Waals surface area (Å²) in [6.07, 6.45) is 2.28. The van der Waals surface area contributed by atoms with E-state index < -0.39 is 0 Å². The zero-order valence-corrected chi connectivity index (χ0v) is 15.5. The van der Waals surface area contributed by atoms with Gasteiger partial charge in [-0.05, 0) is 55.8 Å². The first kappa shape index (κ1) is 19.2. The molecule has 1 amide bonds. The Balaban J connectivity index is 1.57. The third-order valence-corrected chi connectivity index (χ3v) is 4.76. The van der Waals surface area contributed by atoms with E-state index in [9.17, 15) is 9.18 Å². The SMILES string of the molecule is COc1ccccc1OCC(=O)NCC(c1ccc(F)cc1)N1CCCC1. The van der Waals surface area contributed by atoms with Crippen molar-refractivity contribution in [1.29, 1.82) is 0 Å². The zero-order valence-electron chi connectivity index (χ0n) is 15.5. The first-order valence-corrected chi connectivity index (χ1v) is 9.19. The number of nitrogens with zero attached hydrogens (tertiary/aromatic N) is 1. The Morgan fingerprint density at radius 2 is 1.78 bits per heavy atom. The first-order valence-electron chi connectivity index (χ1n) is 9.19. The van der Waals surface area contributed by atoms with Gasteiger partial charge in [0.2, 0.25) is 0 Å². The van der Waals surface area contributed by atoms with Crippen LogP contribution in [0.4, 0.5) is 4.39 Å².